The van der Waals surface area contributed by atoms with Crippen LogP contribution in [0.15, 0.2) is 24.8 Å². The largest absolute Gasteiger partial charge is 0.447 e. The molecule has 0 aliphatic rings. The van der Waals surface area contributed by atoms with E-state index >= 15 is 0 Å². The monoisotopic (exact) mass is 255 g/mol. The lowest BCUT2D eigenvalue weighted by Crippen LogP contribution is -2.42. The predicted molar refractivity (Wildman–Crippen MR) is 78.8 cm³/mol. The molecule has 1 amide bonds. The minimum atomic E-state index is -0.354. The molecule has 0 saturated heterocycles. The first-order valence-corrected chi connectivity index (χ1v) is 6.61. The van der Waals surface area contributed by atoms with Crippen LogP contribution in [0, 0.1) is 0 Å². The molecule has 0 aromatic carbocycles. The number of carbonyl (C=O) groups is 1. The summed E-state index contributed by atoms with van der Waals surface area (Å²) in [6.45, 7) is 15.2. The summed E-state index contributed by atoms with van der Waals surface area (Å²) >= 11 is 0. The summed E-state index contributed by atoms with van der Waals surface area (Å²) in [5, 5.41) is 2.76. The van der Waals surface area contributed by atoms with Crippen molar-refractivity contribution in [3.8, 4) is 0 Å². The summed E-state index contributed by atoms with van der Waals surface area (Å²) in [5.74, 6) is 0. The molecule has 0 saturated carbocycles. The van der Waals surface area contributed by atoms with Gasteiger partial charge in [-0.25, -0.2) is 4.79 Å². The average Bonchev–Trinajstić information content (AvgIpc) is 2.24. The maximum absolute atomic E-state index is 11.4. The fourth-order valence-corrected chi connectivity index (χ4v) is 1.10. The number of amides is 1. The van der Waals surface area contributed by atoms with Crippen LogP contribution < -0.4 is 5.32 Å². The second-order valence-corrected chi connectivity index (χ2v) is 4.83. The Morgan fingerprint density at radius 2 is 1.94 bits per heavy atom. The third kappa shape index (κ3) is 14.8. The Hall–Kier alpha value is -1.25. The van der Waals surface area contributed by atoms with Crippen LogP contribution in [0.4, 0.5) is 4.79 Å². The summed E-state index contributed by atoms with van der Waals surface area (Å²) in [7, 11) is 0. The van der Waals surface area contributed by atoms with Crippen molar-refractivity contribution in [2.45, 2.75) is 66.0 Å². The summed E-state index contributed by atoms with van der Waals surface area (Å²) in [6, 6.07) is 0. The van der Waals surface area contributed by atoms with Crippen molar-refractivity contribution in [1.29, 1.82) is 0 Å². The Bertz CT molecular complexity index is 252. The zero-order valence-electron chi connectivity index (χ0n) is 12.7. The average molecular weight is 255 g/mol. The van der Waals surface area contributed by atoms with E-state index in [-0.39, 0.29) is 17.7 Å². The lowest BCUT2D eigenvalue weighted by molar-refractivity contribution is 0.0961. The van der Waals surface area contributed by atoms with Crippen LogP contribution in [0.1, 0.15) is 54.4 Å². The highest BCUT2D eigenvalue weighted by Gasteiger charge is 2.16. The van der Waals surface area contributed by atoms with Crippen molar-refractivity contribution in [3.63, 3.8) is 0 Å². The minimum absolute atomic E-state index is 0.0724. The Balaban J connectivity index is 0. The van der Waals surface area contributed by atoms with Gasteiger partial charge in [-0.2, -0.15) is 0 Å². The van der Waals surface area contributed by atoms with Gasteiger partial charge in [0.25, 0.3) is 0 Å². The number of hydrogen-bond acceptors (Lipinski definition) is 2. The van der Waals surface area contributed by atoms with Gasteiger partial charge in [-0.05, 0) is 40.5 Å². The van der Waals surface area contributed by atoms with Gasteiger partial charge in [0.2, 0.25) is 0 Å². The van der Waals surface area contributed by atoms with Crippen LogP contribution >= 0.6 is 0 Å². The van der Waals surface area contributed by atoms with Crippen molar-refractivity contribution >= 4 is 6.09 Å². The number of ether oxygens (including phenoxy) is 1. The molecule has 1 unspecified atom stereocenters. The molecule has 0 aromatic rings. The Labute approximate surface area is 112 Å². The van der Waals surface area contributed by atoms with E-state index in [2.05, 4.69) is 11.9 Å². The summed E-state index contributed by atoms with van der Waals surface area (Å²) in [5.41, 5.74) is -0.250. The van der Waals surface area contributed by atoms with Gasteiger partial charge in [0, 0.05) is 5.54 Å². The van der Waals surface area contributed by atoms with Gasteiger partial charge in [0.05, 0.1) is 0 Å². The van der Waals surface area contributed by atoms with Crippen LogP contribution in [0.3, 0.4) is 0 Å². The maximum Gasteiger partial charge on any atom is 0.407 e. The fraction of sp³-hybridized carbons (Fsp3) is 0.667. The van der Waals surface area contributed by atoms with Crippen molar-refractivity contribution in [2.24, 2.45) is 0 Å². The quantitative estimate of drug-likeness (QED) is 0.737. The summed E-state index contributed by atoms with van der Waals surface area (Å²) in [4.78, 5) is 11.4. The third-order valence-electron chi connectivity index (χ3n) is 1.80. The number of alkyl carbamates (subject to hydrolysis) is 1. The third-order valence-corrected chi connectivity index (χ3v) is 1.80. The van der Waals surface area contributed by atoms with E-state index < -0.39 is 0 Å². The van der Waals surface area contributed by atoms with Gasteiger partial charge in [-0.1, -0.05) is 38.7 Å². The topological polar surface area (TPSA) is 38.3 Å². The number of allylic oxidation sites excluding steroid dienone is 3. The SMILES string of the molecule is C=C/C=C/CCC(C)OC(=O)NC(C)(C)C.CC. The molecular formula is C15H29NO2. The van der Waals surface area contributed by atoms with Crippen molar-refractivity contribution in [1.82, 2.24) is 5.32 Å². The highest BCUT2D eigenvalue weighted by molar-refractivity contribution is 5.68. The molecule has 0 spiro atoms. The van der Waals surface area contributed by atoms with Gasteiger partial charge in [-0.3, -0.25) is 0 Å². The van der Waals surface area contributed by atoms with Crippen LogP contribution in [0.25, 0.3) is 0 Å². The van der Waals surface area contributed by atoms with Crippen molar-refractivity contribution < 1.29 is 9.53 Å². The van der Waals surface area contributed by atoms with Gasteiger partial charge >= 0.3 is 6.09 Å². The van der Waals surface area contributed by atoms with E-state index in [9.17, 15) is 4.79 Å². The number of hydrogen-bond donors (Lipinski definition) is 1. The van der Waals surface area contributed by atoms with E-state index in [0.717, 1.165) is 12.8 Å². The second kappa shape index (κ2) is 10.9. The van der Waals surface area contributed by atoms with Crippen LogP contribution in [0.5, 0.6) is 0 Å². The van der Waals surface area contributed by atoms with Crippen LogP contribution in [0.2, 0.25) is 0 Å². The second-order valence-electron chi connectivity index (χ2n) is 4.83. The molecule has 3 nitrogen and oxygen atoms in total. The molecule has 0 aliphatic heterocycles. The van der Waals surface area contributed by atoms with Gasteiger partial charge in [0.15, 0.2) is 0 Å². The Morgan fingerprint density at radius 1 is 1.39 bits per heavy atom. The maximum atomic E-state index is 11.4. The standard InChI is InChI=1S/C13H23NO2.C2H6/c1-6-7-8-9-10-11(2)16-12(15)14-13(3,4)5;1-2/h6-8,11H,1,9-10H2,2-5H3,(H,14,15);1-2H3/b8-7+;. The molecule has 0 heterocycles. The minimum Gasteiger partial charge on any atom is -0.447 e. The van der Waals surface area contributed by atoms with Gasteiger partial charge < -0.3 is 10.1 Å². The van der Waals surface area contributed by atoms with E-state index in [1.807, 2.05) is 53.7 Å². The molecule has 0 aromatic heterocycles. The normalized spacial score (nSPS) is 12.3. The van der Waals surface area contributed by atoms with Gasteiger partial charge in [0.1, 0.15) is 6.10 Å². The lowest BCUT2D eigenvalue weighted by atomic mass is 10.1. The summed E-state index contributed by atoms with van der Waals surface area (Å²) < 4.78 is 5.20. The first-order chi connectivity index (χ1) is 8.35. The molecule has 0 fully saturated rings. The zero-order valence-corrected chi connectivity index (χ0v) is 12.7. The van der Waals surface area contributed by atoms with Crippen LogP contribution in [-0.2, 0) is 4.74 Å². The zero-order chi connectivity index (χ0) is 14.6. The molecule has 0 radical (unpaired) electrons. The molecule has 0 bridgehead atoms. The molecular weight excluding hydrogens is 226 g/mol. The smallest absolute Gasteiger partial charge is 0.407 e. The summed E-state index contributed by atoms with van der Waals surface area (Å²) in [6.07, 6.45) is 6.91. The molecule has 18 heavy (non-hydrogen) atoms. The van der Waals surface area contributed by atoms with Crippen molar-refractivity contribution in [3.05, 3.63) is 24.8 Å². The molecule has 106 valence electrons. The number of nitrogens with one attached hydrogen (secondary N) is 1. The molecule has 1 N–H and O–H groups in total. The molecule has 0 rings (SSSR count). The molecule has 1 atom stereocenters. The highest BCUT2D eigenvalue weighted by atomic mass is 16.6. The number of carbonyl (C=O) groups excluding carboxylic acids is 1. The molecule has 3 heteroatoms. The Morgan fingerprint density at radius 3 is 2.39 bits per heavy atom. The predicted octanol–water partition coefficient (Wildman–Crippen LogP) is 4.45. The highest BCUT2D eigenvalue weighted by Crippen LogP contribution is 2.05. The molecule has 0 aliphatic carbocycles. The number of rotatable bonds is 5. The van der Waals surface area contributed by atoms with E-state index in [0.29, 0.717) is 0 Å². The fourth-order valence-electron chi connectivity index (χ4n) is 1.10. The van der Waals surface area contributed by atoms with Crippen molar-refractivity contribution in [2.75, 3.05) is 0 Å². The first-order valence-electron chi connectivity index (χ1n) is 6.61. The van der Waals surface area contributed by atoms with Crippen LogP contribution in [-0.4, -0.2) is 17.7 Å². The lowest BCUT2D eigenvalue weighted by Gasteiger charge is -2.21. The van der Waals surface area contributed by atoms with E-state index in [4.69, 9.17) is 4.74 Å². The van der Waals surface area contributed by atoms with E-state index in [1.54, 1.807) is 6.08 Å². The van der Waals surface area contributed by atoms with Gasteiger partial charge in [-0.15, -0.1) is 0 Å². The van der Waals surface area contributed by atoms with E-state index in [1.165, 1.54) is 0 Å². The first kappa shape index (κ1) is 19.1. The Kier molecular flexibility index (Phi) is 11.5.